The van der Waals surface area contributed by atoms with Crippen LogP contribution in [0.25, 0.3) is 11.6 Å². The highest BCUT2D eigenvalue weighted by molar-refractivity contribution is 5.94. The first-order valence-corrected chi connectivity index (χ1v) is 9.43. The molecule has 6 heteroatoms. The number of ether oxygens (including phenoxy) is 1. The molecular formula is C23H21N5O. The zero-order valence-corrected chi connectivity index (χ0v) is 16.1. The van der Waals surface area contributed by atoms with Crippen LogP contribution in [0.2, 0.25) is 0 Å². The number of aromatic nitrogens is 2. The molecule has 6 nitrogen and oxygen atoms in total. The number of nitrogen functional groups attached to an aromatic ring is 1. The van der Waals surface area contributed by atoms with Crippen molar-refractivity contribution in [3.8, 4) is 17.8 Å². The van der Waals surface area contributed by atoms with Crippen LogP contribution in [0.5, 0.6) is 11.8 Å². The van der Waals surface area contributed by atoms with Crippen LogP contribution < -0.4 is 15.4 Å². The largest absolute Gasteiger partial charge is 0.424 e. The van der Waals surface area contributed by atoms with E-state index >= 15 is 0 Å². The number of allylic oxidation sites excluding steroid dienone is 1. The van der Waals surface area contributed by atoms with E-state index in [0.29, 0.717) is 23.1 Å². The maximum absolute atomic E-state index is 9.85. The normalized spacial score (nSPS) is 13.6. The summed E-state index contributed by atoms with van der Waals surface area (Å²) >= 11 is 0. The van der Waals surface area contributed by atoms with E-state index in [1.807, 2.05) is 48.5 Å². The lowest BCUT2D eigenvalue weighted by molar-refractivity contribution is 0.441. The Hall–Kier alpha value is -3.85. The minimum absolute atomic E-state index is 0.290. The number of anilines is 2. The smallest absolute Gasteiger partial charge is 0.321 e. The zero-order valence-electron chi connectivity index (χ0n) is 16.1. The number of nitrogens with two attached hydrogens (primary N) is 1. The van der Waals surface area contributed by atoms with Gasteiger partial charge in [0.1, 0.15) is 5.75 Å². The fourth-order valence-corrected chi connectivity index (χ4v) is 3.13. The van der Waals surface area contributed by atoms with Gasteiger partial charge in [-0.15, -0.1) is 0 Å². The molecular weight excluding hydrogens is 362 g/mol. The average molecular weight is 383 g/mol. The molecule has 0 unspecified atom stereocenters. The monoisotopic (exact) mass is 383 g/mol. The molecule has 0 spiro atoms. The minimum Gasteiger partial charge on any atom is -0.424 e. The Morgan fingerprint density at radius 1 is 1.17 bits per heavy atom. The molecule has 0 aliphatic heterocycles. The molecule has 0 amide bonds. The van der Waals surface area contributed by atoms with Crippen molar-refractivity contribution in [2.24, 2.45) is 0 Å². The van der Waals surface area contributed by atoms with Gasteiger partial charge in [0.05, 0.1) is 11.6 Å². The molecule has 144 valence electrons. The summed E-state index contributed by atoms with van der Waals surface area (Å²) in [7, 11) is 2.05. The van der Waals surface area contributed by atoms with Gasteiger partial charge >= 0.3 is 6.01 Å². The lowest BCUT2D eigenvalue weighted by atomic mass is 10.0. The topological polar surface area (TPSA) is 88.1 Å². The highest BCUT2D eigenvalue weighted by atomic mass is 16.5. The third-order valence-electron chi connectivity index (χ3n) is 4.85. The predicted octanol–water partition coefficient (Wildman–Crippen LogP) is 4.51. The summed E-state index contributed by atoms with van der Waals surface area (Å²) in [6, 6.07) is 18.0. The highest BCUT2D eigenvalue weighted by Gasteiger charge is 2.28. The summed E-state index contributed by atoms with van der Waals surface area (Å²) in [6.07, 6.45) is 7.44. The molecule has 1 aromatic heterocycles. The van der Waals surface area contributed by atoms with Gasteiger partial charge in [0.2, 0.25) is 0 Å². The molecule has 1 aliphatic carbocycles. The summed E-state index contributed by atoms with van der Waals surface area (Å²) in [4.78, 5) is 10.4. The van der Waals surface area contributed by atoms with Crippen LogP contribution in [-0.2, 0) is 0 Å². The molecule has 1 aliphatic rings. The first-order valence-electron chi connectivity index (χ1n) is 9.43. The van der Waals surface area contributed by atoms with E-state index in [4.69, 9.17) is 10.5 Å². The number of nitrogens with zero attached hydrogens (tertiary/aromatic N) is 4. The summed E-state index contributed by atoms with van der Waals surface area (Å²) in [5.74, 6) is 0.632. The second kappa shape index (κ2) is 8.03. The van der Waals surface area contributed by atoms with Gasteiger partial charge in [-0.1, -0.05) is 12.1 Å². The van der Waals surface area contributed by atoms with Gasteiger partial charge in [-0.25, -0.2) is 9.97 Å². The number of nitriles is 1. The summed E-state index contributed by atoms with van der Waals surface area (Å²) in [5.41, 5.74) is 9.78. The summed E-state index contributed by atoms with van der Waals surface area (Å²) < 4.78 is 5.80. The van der Waals surface area contributed by atoms with Crippen molar-refractivity contribution < 1.29 is 4.74 Å². The first kappa shape index (κ1) is 18.5. The van der Waals surface area contributed by atoms with Gasteiger partial charge in [0.15, 0.2) is 0 Å². The van der Waals surface area contributed by atoms with Gasteiger partial charge in [-0.05, 0) is 54.8 Å². The molecule has 2 N–H and O–H groups in total. The van der Waals surface area contributed by atoms with Crippen LogP contribution in [0.3, 0.4) is 0 Å². The van der Waals surface area contributed by atoms with Crippen LogP contribution in [0, 0.1) is 11.3 Å². The van der Waals surface area contributed by atoms with Gasteiger partial charge < -0.3 is 15.4 Å². The Kier molecular flexibility index (Phi) is 5.12. The van der Waals surface area contributed by atoms with Crippen LogP contribution in [0.1, 0.15) is 24.0 Å². The van der Waals surface area contributed by atoms with E-state index in [2.05, 4.69) is 28.0 Å². The third-order valence-corrected chi connectivity index (χ3v) is 4.85. The maximum Gasteiger partial charge on any atom is 0.321 e. The summed E-state index contributed by atoms with van der Waals surface area (Å²) in [5, 5.41) is 9.85. The highest BCUT2D eigenvalue weighted by Crippen LogP contribution is 2.38. The van der Waals surface area contributed by atoms with Gasteiger partial charge in [-0.2, -0.15) is 5.26 Å². The third kappa shape index (κ3) is 4.36. The minimum atomic E-state index is 0.290. The average Bonchev–Trinajstić information content (AvgIpc) is 3.59. The zero-order chi connectivity index (χ0) is 20.2. The fraction of sp³-hybridized carbons (Fsp3) is 0.174. The Morgan fingerprint density at radius 2 is 1.90 bits per heavy atom. The fourth-order valence-electron chi connectivity index (χ4n) is 3.13. The van der Waals surface area contributed by atoms with Crippen molar-refractivity contribution in [1.82, 2.24) is 9.97 Å². The van der Waals surface area contributed by atoms with E-state index in [-0.39, 0.29) is 6.01 Å². The number of benzene rings is 2. The van der Waals surface area contributed by atoms with Crippen LogP contribution in [0.15, 0.2) is 60.9 Å². The quantitative estimate of drug-likeness (QED) is 0.383. The lowest BCUT2D eigenvalue weighted by Gasteiger charge is -2.23. The van der Waals surface area contributed by atoms with Gasteiger partial charge in [0, 0.05) is 48.5 Å². The Labute approximate surface area is 169 Å². The van der Waals surface area contributed by atoms with Crippen LogP contribution in [-0.4, -0.2) is 23.1 Å². The van der Waals surface area contributed by atoms with E-state index in [1.165, 1.54) is 0 Å². The van der Waals surface area contributed by atoms with Crippen LogP contribution in [0.4, 0.5) is 11.4 Å². The molecule has 3 aromatic rings. The molecule has 4 rings (SSSR count). The Morgan fingerprint density at radius 3 is 2.55 bits per heavy atom. The molecule has 1 heterocycles. The molecule has 0 radical (unpaired) electrons. The second-order valence-corrected chi connectivity index (χ2v) is 6.99. The first-order chi connectivity index (χ1) is 14.1. The maximum atomic E-state index is 9.85. The van der Waals surface area contributed by atoms with Crippen molar-refractivity contribution in [2.45, 2.75) is 18.9 Å². The predicted molar refractivity (Wildman–Crippen MR) is 114 cm³/mol. The Bertz CT molecular complexity index is 1070. The van der Waals surface area contributed by atoms with E-state index in [1.54, 1.807) is 18.5 Å². The van der Waals surface area contributed by atoms with Crippen molar-refractivity contribution in [1.29, 1.82) is 5.26 Å². The number of hydrogen-bond acceptors (Lipinski definition) is 6. The van der Waals surface area contributed by atoms with E-state index in [9.17, 15) is 5.26 Å². The molecule has 0 atom stereocenters. The molecule has 29 heavy (non-hydrogen) atoms. The molecule has 2 aromatic carbocycles. The van der Waals surface area contributed by atoms with Crippen molar-refractivity contribution in [3.63, 3.8) is 0 Å². The van der Waals surface area contributed by atoms with Crippen molar-refractivity contribution in [2.75, 3.05) is 17.7 Å². The van der Waals surface area contributed by atoms with Gasteiger partial charge in [-0.3, -0.25) is 0 Å². The molecule has 1 saturated carbocycles. The number of rotatable bonds is 6. The Balaban J connectivity index is 1.72. The van der Waals surface area contributed by atoms with Crippen LogP contribution >= 0.6 is 0 Å². The molecule has 0 bridgehead atoms. The summed E-state index contributed by atoms with van der Waals surface area (Å²) in [6.45, 7) is 0. The van der Waals surface area contributed by atoms with E-state index < -0.39 is 0 Å². The van der Waals surface area contributed by atoms with Gasteiger partial charge in [0.25, 0.3) is 0 Å². The lowest BCUT2D eigenvalue weighted by Crippen LogP contribution is -2.20. The van der Waals surface area contributed by atoms with Crippen molar-refractivity contribution in [3.05, 3.63) is 72.1 Å². The molecule has 1 fully saturated rings. The standard InChI is InChI=1S/C23H21N5O/c1-28(19-7-8-19)22-14-20(29-23-26-11-2-12-27-23)9-10-21(22)17(15-24)13-16-3-5-18(25)6-4-16/h2-6,9-14,19H,7-8,25H2,1H3/b17-13+. The second-order valence-electron chi connectivity index (χ2n) is 6.99. The SMILES string of the molecule is CN(c1cc(Oc2ncccn2)ccc1/C(C#N)=C/c1ccc(N)cc1)C1CC1. The molecule has 0 saturated heterocycles. The van der Waals surface area contributed by atoms with E-state index in [0.717, 1.165) is 29.7 Å². The number of hydrogen-bond donors (Lipinski definition) is 1. The van der Waals surface area contributed by atoms with Crippen molar-refractivity contribution >= 4 is 23.0 Å².